The van der Waals surface area contributed by atoms with Crippen molar-refractivity contribution < 1.29 is 9.47 Å². The van der Waals surface area contributed by atoms with Crippen LogP contribution in [-0.2, 0) is 4.74 Å². The lowest BCUT2D eigenvalue weighted by atomic mass is 10.1. The van der Waals surface area contributed by atoms with Crippen molar-refractivity contribution in [1.29, 1.82) is 5.53 Å². The van der Waals surface area contributed by atoms with E-state index in [-0.39, 0.29) is 22.9 Å². The summed E-state index contributed by atoms with van der Waals surface area (Å²) in [4.78, 5) is 15.2. The summed E-state index contributed by atoms with van der Waals surface area (Å²) >= 11 is 6.03. The molecule has 7 nitrogen and oxygen atoms in total. The van der Waals surface area contributed by atoms with Gasteiger partial charge in [0.15, 0.2) is 0 Å². The molecule has 1 saturated heterocycles. The fourth-order valence-corrected chi connectivity index (χ4v) is 3.30. The molecule has 4 rings (SSSR count). The van der Waals surface area contributed by atoms with Gasteiger partial charge >= 0.3 is 0 Å². The number of fused-ring (bicyclic) bond motifs is 1. The normalized spacial score (nSPS) is 16.7. The molecule has 0 radical (unpaired) electrons. The molecule has 1 aromatic heterocycles. The molecule has 3 aromatic rings. The fraction of sp³-hybridized carbons (Fsp3) is 0.190. The van der Waals surface area contributed by atoms with E-state index in [2.05, 4.69) is 15.4 Å². The second-order valence-corrected chi connectivity index (χ2v) is 7.09. The zero-order valence-corrected chi connectivity index (χ0v) is 16.2. The predicted octanol–water partition coefficient (Wildman–Crippen LogP) is 4.79. The SMILES string of the molecule is N=N/C(=C\Nc1ccc(OC2CCOC2)cc1)c1cc2cc(Cl)ccc2[nH]c1=O. The number of halogens is 1. The Morgan fingerprint density at radius 1 is 1.28 bits per heavy atom. The maximum atomic E-state index is 12.4. The van der Waals surface area contributed by atoms with Crippen LogP contribution < -0.4 is 15.6 Å². The Bertz CT molecular complexity index is 1120. The summed E-state index contributed by atoms with van der Waals surface area (Å²) in [6.45, 7) is 1.34. The highest BCUT2D eigenvalue weighted by atomic mass is 35.5. The van der Waals surface area contributed by atoms with E-state index in [0.717, 1.165) is 29.9 Å². The number of nitrogens with zero attached hydrogens (tertiary/aromatic N) is 1. The Morgan fingerprint density at radius 3 is 2.83 bits per heavy atom. The number of hydrogen-bond acceptors (Lipinski definition) is 6. The van der Waals surface area contributed by atoms with Crippen molar-refractivity contribution in [2.75, 3.05) is 18.5 Å². The first-order chi connectivity index (χ1) is 14.1. The average molecular weight is 411 g/mol. The van der Waals surface area contributed by atoms with Crippen molar-refractivity contribution in [3.63, 3.8) is 0 Å². The highest BCUT2D eigenvalue weighted by Crippen LogP contribution is 2.22. The summed E-state index contributed by atoms with van der Waals surface area (Å²) in [6.07, 6.45) is 2.51. The van der Waals surface area contributed by atoms with Gasteiger partial charge in [0.25, 0.3) is 5.56 Å². The minimum absolute atomic E-state index is 0.0931. The second-order valence-electron chi connectivity index (χ2n) is 6.66. The number of H-pyrrole nitrogens is 1. The van der Waals surface area contributed by atoms with Crippen molar-refractivity contribution in [1.82, 2.24) is 4.98 Å². The van der Waals surface area contributed by atoms with Crippen molar-refractivity contribution in [2.24, 2.45) is 5.11 Å². The average Bonchev–Trinajstić information content (AvgIpc) is 3.23. The summed E-state index contributed by atoms with van der Waals surface area (Å²) in [7, 11) is 0. The number of rotatable bonds is 6. The number of aromatic nitrogens is 1. The molecular weight excluding hydrogens is 392 g/mol. The molecule has 3 N–H and O–H groups in total. The van der Waals surface area contributed by atoms with E-state index in [9.17, 15) is 4.79 Å². The Labute approximate surface area is 171 Å². The molecule has 1 unspecified atom stereocenters. The molecule has 1 aliphatic heterocycles. The number of benzene rings is 2. The predicted molar refractivity (Wildman–Crippen MR) is 113 cm³/mol. The van der Waals surface area contributed by atoms with Gasteiger partial charge in [-0.05, 0) is 48.5 Å². The quantitative estimate of drug-likeness (QED) is 0.508. The lowest BCUT2D eigenvalue weighted by molar-refractivity contribution is 0.141. The fourth-order valence-electron chi connectivity index (χ4n) is 3.12. The molecule has 8 heteroatoms. The third-order valence-corrected chi connectivity index (χ3v) is 4.86. The van der Waals surface area contributed by atoms with E-state index in [1.54, 1.807) is 24.3 Å². The van der Waals surface area contributed by atoms with Crippen LogP contribution in [0.3, 0.4) is 0 Å². The van der Waals surface area contributed by atoms with Crippen molar-refractivity contribution in [3.8, 4) is 5.75 Å². The minimum atomic E-state index is -0.327. The molecule has 1 fully saturated rings. The van der Waals surface area contributed by atoms with Crippen LogP contribution in [0, 0.1) is 5.53 Å². The largest absolute Gasteiger partial charge is 0.488 e. The van der Waals surface area contributed by atoms with Crippen LogP contribution in [0.15, 0.2) is 64.6 Å². The van der Waals surface area contributed by atoms with Crippen LogP contribution in [0.1, 0.15) is 12.0 Å². The van der Waals surface area contributed by atoms with Crippen LogP contribution in [0.25, 0.3) is 16.6 Å². The molecule has 148 valence electrons. The van der Waals surface area contributed by atoms with Gasteiger partial charge in [0.2, 0.25) is 0 Å². The molecule has 0 bridgehead atoms. The lowest BCUT2D eigenvalue weighted by Crippen LogP contribution is -2.15. The summed E-state index contributed by atoms with van der Waals surface area (Å²) in [5, 5.41) is 7.90. The molecule has 0 saturated carbocycles. The number of hydrogen-bond donors (Lipinski definition) is 3. The highest BCUT2D eigenvalue weighted by molar-refractivity contribution is 6.31. The van der Waals surface area contributed by atoms with E-state index in [0.29, 0.717) is 17.1 Å². The topological polar surface area (TPSA) is 99.6 Å². The second kappa shape index (κ2) is 8.46. The molecule has 2 heterocycles. The number of anilines is 1. The van der Waals surface area contributed by atoms with Gasteiger partial charge in [0.05, 0.1) is 18.8 Å². The summed E-state index contributed by atoms with van der Waals surface area (Å²) in [5.41, 5.74) is 9.08. The molecule has 0 aliphatic carbocycles. The first-order valence-corrected chi connectivity index (χ1v) is 9.52. The van der Waals surface area contributed by atoms with Crippen LogP contribution in [-0.4, -0.2) is 24.3 Å². The van der Waals surface area contributed by atoms with Gasteiger partial charge in [0, 0.05) is 34.2 Å². The molecule has 0 spiro atoms. The number of nitrogens with one attached hydrogen (secondary N) is 3. The Balaban J connectivity index is 1.53. The summed E-state index contributed by atoms with van der Waals surface area (Å²) in [6, 6.07) is 14.3. The zero-order chi connectivity index (χ0) is 20.2. The number of ether oxygens (including phenoxy) is 2. The maximum Gasteiger partial charge on any atom is 0.258 e. The van der Waals surface area contributed by atoms with Gasteiger partial charge in [-0.3, -0.25) is 4.79 Å². The first-order valence-electron chi connectivity index (χ1n) is 9.14. The van der Waals surface area contributed by atoms with Gasteiger partial charge in [-0.25, -0.2) is 5.53 Å². The van der Waals surface area contributed by atoms with Crippen LogP contribution in [0.2, 0.25) is 5.02 Å². The van der Waals surface area contributed by atoms with E-state index in [4.69, 9.17) is 26.6 Å². The molecule has 0 amide bonds. The minimum Gasteiger partial charge on any atom is -0.488 e. The Kier molecular flexibility index (Phi) is 5.59. The highest BCUT2D eigenvalue weighted by Gasteiger charge is 2.16. The Hall–Kier alpha value is -3.16. The Morgan fingerprint density at radius 2 is 2.10 bits per heavy atom. The van der Waals surface area contributed by atoms with E-state index in [1.165, 1.54) is 6.20 Å². The van der Waals surface area contributed by atoms with Gasteiger partial charge in [0.1, 0.15) is 17.6 Å². The van der Waals surface area contributed by atoms with Gasteiger partial charge in [-0.2, -0.15) is 5.11 Å². The van der Waals surface area contributed by atoms with Crippen molar-refractivity contribution in [3.05, 3.63) is 75.7 Å². The molecule has 1 aliphatic rings. The van der Waals surface area contributed by atoms with Crippen LogP contribution in [0.4, 0.5) is 5.69 Å². The standard InChI is InChI=1S/C21H19ClN4O3/c22-14-1-6-19-13(9-14)10-18(21(27)25-19)20(26-23)11-24-15-2-4-16(5-3-15)29-17-7-8-28-12-17/h1-6,9-11,17,23-24H,7-8,12H2,(H,25,27)/b20-11-,26-23?. The zero-order valence-electron chi connectivity index (χ0n) is 15.4. The maximum absolute atomic E-state index is 12.4. The van der Waals surface area contributed by atoms with Crippen molar-refractivity contribution >= 4 is 33.9 Å². The van der Waals surface area contributed by atoms with Gasteiger partial charge in [-0.15, -0.1) is 0 Å². The van der Waals surface area contributed by atoms with E-state index < -0.39 is 0 Å². The molecule has 29 heavy (non-hydrogen) atoms. The van der Waals surface area contributed by atoms with Gasteiger partial charge in [-0.1, -0.05) is 11.6 Å². The molecular formula is C21H19ClN4O3. The van der Waals surface area contributed by atoms with Crippen LogP contribution >= 0.6 is 11.6 Å². The van der Waals surface area contributed by atoms with Crippen LogP contribution in [0.5, 0.6) is 5.75 Å². The van der Waals surface area contributed by atoms with Gasteiger partial charge < -0.3 is 19.8 Å². The number of pyridine rings is 1. The lowest BCUT2D eigenvalue weighted by Gasteiger charge is -2.12. The monoisotopic (exact) mass is 410 g/mol. The first kappa shape index (κ1) is 19.2. The van der Waals surface area contributed by atoms with Crippen molar-refractivity contribution in [2.45, 2.75) is 12.5 Å². The third kappa shape index (κ3) is 4.47. The molecule has 2 aromatic carbocycles. The molecule has 1 atom stereocenters. The van der Waals surface area contributed by atoms with E-state index in [1.807, 2.05) is 24.3 Å². The number of aromatic amines is 1. The van der Waals surface area contributed by atoms with E-state index >= 15 is 0 Å². The summed E-state index contributed by atoms with van der Waals surface area (Å²) in [5.74, 6) is 0.767. The summed E-state index contributed by atoms with van der Waals surface area (Å²) < 4.78 is 11.1. The smallest absolute Gasteiger partial charge is 0.258 e. The third-order valence-electron chi connectivity index (χ3n) is 4.62.